The molecule has 0 fully saturated rings. The number of rotatable bonds is 5. The number of ether oxygens (including phenoxy) is 1. The van der Waals surface area contributed by atoms with Crippen molar-refractivity contribution in [1.82, 2.24) is 0 Å². The van der Waals surface area contributed by atoms with E-state index in [9.17, 15) is 22.4 Å². The Labute approximate surface area is 117 Å². The Hall–Kier alpha value is -0.810. The van der Waals surface area contributed by atoms with Crippen LogP contribution in [0.1, 0.15) is 48.0 Å². The minimum absolute atomic E-state index is 0.206. The van der Waals surface area contributed by atoms with Crippen molar-refractivity contribution in [2.45, 2.75) is 60.3 Å². The molecule has 0 amide bonds. The SMILES string of the molecule is CC(C)(C)CC(C(=O)OCC(F)(F)C(F)F)C(C)(C)C. The van der Waals surface area contributed by atoms with Crippen molar-refractivity contribution in [2.75, 3.05) is 6.61 Å². The zero-order valence-corrected chi connectivity index (χ0v) is 12.9. The van der Waals surface area contributed by atoms with E-state index in [0.29, 0.717) is 6.42 Å². The highest BCUT2D eigenvalue weighted by Gasteiger charge is 2.44. The smallest absolute Gasteiger partial charge is 0.340 e. The standard InChI is InChI=1S/C14H24F4O2/c1-12(2,3)7-9(13(4,5)6)10(19)20-8-14(17,18)11(15)16/h9,11H,7-8H2,1-6H3. The van der Waals surface area contributed by atoms with Crippen LogP contribution in [0, 0.1) is 16.7 Å². The fourth-order valence-electron chi connectivity index (χ4n) is 1.69. The molecular weight excluding hydrogens is 276 g/mol. The molecule has 0 aromatic carbocycles. The molecule has 6 heteroatoms. The molecule has 0 aliphatic heterocycles. The second kappa shape index (κ2) is 6.31. The van der Waals surface area contributed by atoms with Crippen LogP contribution in [0.2, 0.25) is 0 Å². The topological polar surface area (TPSA) is 26.3 Å². The summed E-state index contributed by atoms with van der Waals surface area (Å²) in [5, 5.41) is 0. The molecule has 0 saturated carbocycles. The van der Waals surface area contributed by atoms with Gasteiger partial charge in [-0.3, -0.25) is 4.79 Å². The number of hydrogen-bond donors (Lipinski definition) is 0. The van der Waals surface area contributed by atoms with E-state index in [4.69, 9.17) is 0 Å². The maximum Gasteiger partial charge on any atom is 0.340 e. The van der Waals surface area contributed by atoms with Crippen LogP contribution in [0.15, 0.2) is 0 Å². The molecular formula is C14H24F4O2. The summed E-state index contributed by atoms with van der Waals surface area (Å²) in [6.07, 6.45) is -3.42. The third-order valence-electron chi connectivity index (χ3n) is 2.87. The first-order chi connectivity index (χ1) is 8.67. The molecule has 0 bridgehead atoms. The van der Waals surface area contributed by atoms with Crippen molar-refractivity contribution in [3.63, 3.8) is 0 Å². The van der Waals surface area contributed by atoms with Crippen LogP contribution in [0.4, 0.5) is 17.6 Å². The maximum atomic E-state index is 12.8. The summed E-state index contributed by atoms with van der Waals surface area (Å²) in [5.74, 6) is -5.79. The molecule has 0 saturated heterocycles. The molecule has 2 nitrogen and oxygen atoms in total. The van der Waals surface area contributed by atoms with E-state index in [2.05, 4.69) is 4.74 Å². The van der Waals surface area contributed by atoms with Crippen LogP contribution >= 0.6 is 0 Å². The number of carbonyl (C=O) groups excluding carboxylic acids is 1. The Bertz CT molecular complexity index is 327. The Morgan fingerprint density at radius 2 is 1.50 bits per heavy atom. The Balaban J connectivity index is 4.83. The highest BCUT2D eigenvalue weighted by Crippen LogP contribution is 2.37. The van der Waals surface area contributed by atoms with Gasteiger partial charge in [0.1, 0.15) is 0 Å². The number of esters is 1. The fourth-order valence-corrected chi connectivity index (χ4v) is 1.69. The van der Waals surface area contributed by atoms with Crippen molar-refractivity contribution in [2.24, 2.45) is 16.7 Å². The Kier molecular flexibility index (Phi) is 6.05. The van der Waals surface area contributed by atoms with Gasteiger partial charge in [0.15, 0.2) is 6.61 Å². The lowest BCUT2D eigenvalue weighted by Gasteiger charge is -2.34. The first kappa shape index (κ1) is 19.2. The van der Waals surface area contributed by atoms with Gasteiger partial charge in [0.25, 0.3) is 0 Å². The highest BCUT2D eigenvalue weighted by molar-refractivity contribution is 5.73. The quantitative estimate of drug-likeness (QED) is 0.551. The number of carbonyl (C=O) groups is 1. The van der Waals surface area contributed by atoms with Crippen molar-refractivity contribution >= 4 is 5.97 Å². The second-order valence-corrected chi connectivity index (χ2v) is 7.35. The van der Waals surface area contributed by atoms with Crippen LogP contribution in [0.5, 0.6) is 0 Å². The van der Waals surface area contributed by atoms with Crippen LogP contribution < -0.4 is 0 Å². The molecule has 0 aromatic heterocycles. The second-order valence-electron chi connectivity index (χ2n) is 7.35. The Morgan fingerprint density at radius 1 is 1.05 bits per heavy atom. The van der Waals surface area contributed by atoms with Crippen LogP contribution in [-0.2, 0) is 9.53 Å². The maximum absolute atomic E-state index is 12.8. The summed E-state index contributed by atoms with van der Waals surface area (Å²) in [5.41, 5.74) is -0.702. The Morgan fingerprint density at radius 3 is 1.80 bits per heavy atom. The summed E-state index contributed by atoms with van der Waals surface area (Å²) in [6, 6.07) is 0. The van der Waals surface area contributed by atoms with Crippen LogP contribution in [-0.4, -0.2) is 24.9 Å². The van der Waals surface area contributed by atoms with Gasteiger partial charge in [-0.15, -0.1) is 0 Å². The third-order valence-corrected chi connectivity index (χ3v) is 2.87. The normalized spacial score (nSPS) is 15.3. The van der Waals surface area contributed by atoms with Gasteiger partial charge in [-0.25, -0.2) is 8.78 Å². The third kappa shape index (κ3) is 6.57. The average molecular weight is 300 g/mol. The van der Waals surface area contributed by atoms with Crippen molar-refractivity contribution in [1.29, 1.82) is 0 Å². The van der Waals surface area contributed by atoms with Gasteiger partial charge in [-0.2, -0.15) is 8.78 Å². The van der Waals surface area contributed by atoms with Crippen molar-refractivity contribution < 1.29 is 27.1 Å². The van der Waals surface area contributed by atoms with E-state index in [0.717, 1.165) is 0 Å². The van der Waals surface area contributed by atoms with E-state index in [-0.39, 0.29) is 5.41 Å². The molecule has 0 heterocycles. The fraction of sp³-hybridized carbons (Fsp3) is 0.929. The van der Waals surface area contributed by atoms with E-state index in [1.54, 1.807) is 20.8 Å². The summed E-state index contributed by atoms with van der Waals surface area (Å²) in [7, 11) is 0. The molecule has 0 spiro atoms. The van der Waals surface area contributed by atoms with Gasteiger partial charge >= 0.3 is 18.3 Å². The lowest BCUT2D eigenvalue weighted by molar-refractivity contribution is -0.185. The van der Waals surface area contributed by atoms with Gasteiger partial charge in [0.05, 0.1) is 5.92 Å². The summed E-state index contributed by atoms with van der Waals surface area (Å²) >= 11 is 0. The highest BCUT2D eigenvalue weighted by atomic mass is 19.3. The zero-order chi connectivity index (χ0) is 16.4. The largest absolute Gasteiger partial charge is 0.459 e. The first-order valence-electron chi connectivity index (χ1n) is 6.49. The molecule has 0 aliphatic rings. The summed E-state index contributed by atoms with van der Waals surface area (Å²) in [6.45, 7) is 9.51. The molecule has 1 atom stereocenters. The zero-order valence-electron chi connectivity index (χ0n) is 12.9. The van der Waals surface area contributed by atoms with Crippen LogP contribution in [0.25, 0.3) is 0 Å². The average Bonchev–Trinajstić information content (AvgIpc) is 2.19. The number of halogens is 4. The monoisotopic (exact) mass is 300 g/mol. The molecule has 0 N–H and O–H groups in total. The number of alkyl halides is 4. The first-order valence-corrected chi connectivity index (χ1v) is 6.49. The van der Waals surface area contributed by atoms with Crippen LogP contribution in [0.3, 0.4) is 0 Å². The van der Waals surface area contributed by atoms with Gasteiger partial charge in [-0.05, 0) is 17.3 Å². The van der Waals surface area contributed by atoms with Gasteiger partial charge in [0, 0.05) is 0 Å². The molecule has 0 rings (SSSR count). The summed E-state index contributed by atoms with van der Waals surface area (Å²) < 4.78 is 54.0. The predicted molar refractivity (Wildman–Crippen MR) is 68.9 cm³/mol. The molecule has 0 radical (unpaired) electrons. The molecule has 0 aliphatic carbocycles. The lowest BCUT2D eigenvalue weighted by atomic mass is 9.72. The predicted octanol–water partition coefficient (Wildman–Crippen LogP) is 4.53. The summed E-state index contributed by atoms with van der Waals surface area (Å²) in [4.78, 5) is 11.9. The van der Waals surface area contributed by atoms with Crippen molar-refractivity contribution in [3.8, 4) is 0 Å². The molecule has 20 heavy (non-hydrogen) atoms. The molecule has 1 unspecified atom stereocenters. The van der Waals surface area contributed by atoms with Gasteiger partial charge < -0.3 is 4.74 Å². The van der Waals surface area contributed by atoms with E-state index in [1.165, 1.54) is 0 Å². The van der Waals surface area contributed by atoms with Crippen molar-refractivity contribution in [3.05, 3.63) is 0 Å². The molecule has 0 aromatic rings. The van der Waals surface area contributed by atoms with E-state index >= 15 is 0 Å². The number of hydrogen-bond acceptors (Lipinski definition) is 2. The van der Waals surface area contributed by atoms with E-state index < -0.39 is 36.3 Å². The minimum atomic E-state index is -4.31. The lowest BCUT2D eigenvalue weighted by Crippen LogP contribution is -2.38. The van der Waals surface area contributed by atoms with Gasteiger partial charge in [0.2, 0.25) is 0 Å². The molecule has 120 valence electrons. The van der Waals surface area contributed by atoms with Gasteiger partial charge in [-0.1, -0.05) is 41.5 Å². The van der Waals surface area contributed by atoms with E-state index in [1.807, 2.05) is 20.8 Å². The minimum Gasteiger partial charge on any atom is -0.459 e.